The molecule has 0 aliphatic rings. The Balaban J connectivity index is 2.13. The lowest BCUT2D eigenvalue weighted by molar-refractivity contribution is 0.410. The van der Waals surface area contributed by atoms with Gasteiger partial charge in [-0.2, -0.15) is 4.68 Å². The largest absolute Gasteiger partial charge is 0.494 e. The lowest BCUT2D eigenvalue weighted by Gasteiger charge is -2.12. The van der Waals surface area contributed by atoms with Crippen LogP contribution in [0.4, 0.5) is 0 Å². The lowest BCUT2D eigenvalue weighted by Crippen LogP contribution is -2.04. The molecule has 0 spiro atoms. The second kappa shape index (κ2) is 7.83. The first kappa shape index (κ1) is 15.6. The van der Waals surface area contributed by atoms with Crippen molar-refractivity contribution in [3.63, 3.8) is 0 Å². The molecule has 112 valence electrons. The third-order valence-corrected chi connectivity index (χ3v) is 4.18. The van der Waals surface area contributed by atoms with Gasteiger partial charge in [0, 0.05) is 5.25 Å². The molecule has 0 aliphatic carbocycles. The van der Waals surface area contributed by atoms with Gasteiger partial charge in [0.05, 0.1) is 7.11 Å². The number of allylic oxidation sites excluding steroid dienone is 1. The van der Waals surface area contributed by atoms with Crippen LogP contribution in [0.3, 0.4) is 0 Å². The number of unbranched alkanes of at least 4 members (excludes halogenated alkanes) is 1. The fraction of sp³-hybridized carbons (Fsp3) is 0.400. The normalized spacial score (nSPS) is 12.1. The molecule has 5 nitrogen and oxygen atoms in total. The molecule has 0 radical (unpaired) electrons. The average molecular weight is 304 g/mol. The number of benzene rings is 1. The first-order valence-electron chi connectivity index (χ1n) is 6.95. The molecule has 2 aromatic rings. The minimum atomic E-state index is 0.449. The summed E-state index contributed by atoms with van der Waals surface area (Å²) in [7, 11) is 1.65. The van der Waals surface area contributed by atoms with E-state index in [4.69, 9.17) is 4.74 Å². The van der Waals surface area contributed by atoms with Crippen molar-refractivity contribution in [3.8, 4) is 11.4 Å². The molecule has 0 aliphatic heterocycles. The van der Waals surface area contributed by atoms with Gasteiger partial charge in [0.1, 0.15) is 11.4 Å². The van der Waals surface area contributed by atoms with Gasteiger partial charge in [-0.3, -0.25) is 0 Å². The average Bonchev–Trinajstić information content (AvgIpc) is 2.95. The van der Waals surface area contributed by atoms with E-state index in [2.05, 4.69) is 29.0 Å². The van der Waals surface area contributed by atoms with Gasteiger partial charge < -0.3 is 4.74 Å². The van der Waals surface area contributed by atoms with Crippen LogP contribution in [0.2, 0.25) is 0 Å². The maximum absolute atomic E-state index is 5.37. The first-order chi connectivity index (χ1) is 10.3. The minimum Gasteiger partial charge on any atom is -0.494 e. The number of nitrogens with zero attached hydrogens (tertiary/aromatic N) is 4. The maximum atomic E-state index is 5.37. The van der Waals surface area contributed by atoms with Gasteiger partial charge in [-0.05, 0) is 41.8 Å². The number of rotatable bonds is 8. The number of tetrazole rings is 1. The van der Waals surface area contributed by atoms with Crippen molar-refractivity contribution in [1.29, 1.82) is 0 Å². The fourth-order valence-electron chi connectivity index (χ4n) is 2.00. The molecule has 2 rings (SSSR count). The van der Waals surface area contributed by atoms with Crippen molar-refractivity contribution in [1.82, 2.24) is 20.2 Å². The molecule has 1 atom stereocenters. The molecule has 0 fully saturated rings. The van der Waals surface area contributed by atoms with E-state index in [1.54, 1.807) is 23.6 Å². The Bertz CT molecular complexity index is 585. The summed E-state index contributed by atoms with van der Waals surface area (Å²) in [5.74, 6) is 0.756. The van der Waals surface area contributed by atoms with Crippen LogP contribution in [-0.4, -0.2) is 32.6 Å². The Labute approximate surface area is 129 Å². The second-order valence-electron chi connectivity index (χ2n) is 4.69. The van der Waals surface area contributed by atoms with Crippen LogP contribution in [0.25, 0.3) is 5.69 Å². The highest BCUT2D eigenvalue weighted by Gasteiger charge is 2.15. The Kier molecular flexibility index (Phi) is 5.80. The molecule has 0 unspecified atom stereocenters. The second-order valence-corrected chi connectivity index (χ2v) is 6.10. The number of thioether (sulfide) groups is 1. The number of para-hydroxylation sites is 2. The SMILES string of the molecule is C=CCCC[C@@H](C)Sc1nnnn1-c1ccccc1OC. The Morgan fingerprint density at radius 1 is 1.43 bits per heavy atom. The van der Waals surface area contributed by atoms with Crippen molar-refractivity contribution in [2.45, 2.75) is 36.6 Å². The number of hydrogen-bond acceptors (Lipinski definition) is 5. The van der Waals surface area contributed by atoms with Gasteiger partial charge in [0.2, 0.25) is 5.16 Å². The lowest BCUT2D eigenvalue weighted by atomic mass is 10.2. The number of methoxy groups -OCH3 is 1. The van der Waals surface area contributed by atoms with Gasteiger partial charge in [-0.1, -0.05) is 36.9 Å². The van der Waals surface area contributed by atoms with E-state index in [1.165, 1.54) is 0 Å². The highest BCUT2D eigenvalue weighted by atomic mass is 32.2. The zero-order valence-corrected chi connectivity index (χ0v) is 13.2. The number of aromatic nitrogens is 4. The highest BCUT2D eigenvalue weighted by molar-refractivity contribution is 7.99. The predicted octanol–water partition coefficient (Wildman–Crippen LogP) is 3.51. The summed E-state index contributed by atoms with van der Waals surface area (Å²) in [6.07, 6.45) is 5.24. The van der Waals surface area contributed by atoms with E-state index in [-0.39, 0.29) is 0 Å². The molecule has 6 heteroatoms. The molecule has 1 aromatic carbocycles. The summed E-state index contributed by atoms with van der Waals surface area (Å²) in [5, 5.41) is 13.2. The first-order valence-corrected chi connectivity index (χ1v) is 7.83. The van der Waals surface area contributed by atoms with Crippen LogP contribution < -0.4 is 4.74 Å². The molecule has 0 N–H and O–H groups in total. The zero-order chi connectivity index (χ0) is 15.1. The smallest absolute Gasteiger partial charge is 0.214 e. The maximum Gasteiger partial charge on any atom is 0.214 e. The van der Waals surface area contributed by atoms with Crippen LogP contribution in [0.15, 0.2) is 42.1 Å². The Hall–Kier alpha value is -1.82. The predicted molar refractivity (Wildman–Crippen MR) is 85.1 cm³/mol. The van der Waals surface area contributed by atoms with E-state index in [0.717, 1.165) is 35.9 Å². The van der Waals surface area contributed by atoms with Crippen molar-refractivity contribution in [3.05, 3.63) is 36.9 Å². The van der Waals surface area contributed by atoms with Crippen LogP contribution in [0.1, 0.15) is 26.2 Å². The standard InChI is InChI=1S/C15H20N4OS/c1-4-5-6-9-12(2)21-15-16-17-18-19(15)13-10-7-8-11-14(13)20-3/h4,7-8,10-12H,1,5-6,9H2,2-3H3/t12-/m1/s1. The van der Waals surface area contributed by atoms with Crippen LogP contribution in [0, 0.1) is 0 Å². The van der Waals surface area contributed by atoms with Crippen LogP contribution in [-0.2, 0) is 0 Å². The van der Waals surface area contributed by atoms with Crippen molar-refractivity contribution < 1.29 is 4.74 Å². The molecular weight excluding hydrogens is 284 g/mol. The molecule has 1 aromatic heterocycles. The summed E-state index contributed by atoms with van der Waals surface area (Å²) in [6.45, 7) is 5.94. The molecule has 21 heavy (non-hydrogen) atoms. The van der Waals surface area contributed by atoms with Gasteiger partial charge in [0.15, 0.2) is 0 Å². The van der Waals surface area contributed by atoms with Crippen molar-refractivity contribution in [2.24, 2.45) is 0 Å². The van der Waals surface area contributed by atoms with Gasteiger partial charge in [-0.15, -0.1) is 11.7 Å². The monoisotopic (exact) mass is 304 g/mol. The number of hydrogen-bond donors (Lipinski definition) is 0. The zero-order valence-electron chi connectivity index (χ0n) is 12.4. The Morgan fingerprint density at radius 2 is 2.24 bits per heavy atom. The summed E-state index contributed by atoms with van der Waals surface area (Å²) in [5.41, 5.74) is 0.853. The van der Waals surface area contributed by atoms with E-state index >= 15 is 0 Å². The van der Waals surface area contributed by atoms with Gasteiger partial charge in [-0.25, -0.2) is 0 Å². The van der Waals surface area contributed by atoms with E-state index in [1.807, 2.05) is 30.3 Å². The summed E-state index contributed by atoms with van der Waals surface area (Å²) in [6, 6.07) is 7.72. The van der Waals surface area contributed by atoms with Crippen molar-refractivity contribution >= 4 is 11.8 Å². The topological polar surface area (TPSA) is 52.8 Å². The summed E-state index contributed by atoms with van der Waals surface area (Å²) in [4.78, 5) is 0. The fourth-order valence-corrected chi connectivity index (χ4v) is 2.96. The molecule has 0 bridgehead atoms. The third-order valence-electron chi connectivity index (χ3n) is 3.08. The Morgan fingerprint density at radius 3 is 3.00 bits per heavy atom. The van der Waals surface area contributed by atoms with E-state index < -0.39 is 0 Å². The third kappa shape index (κ3) is 4.07. The molecule has 0 amide bonds. The van der Waals surface area contributed by atoms with Crippen LogP contribution in [0.5, 0.6) is 5.75 Å². The molecular formula is C15H20N4OS. The molecule has 0 saturated carbocycles. The van der Waals surface area contributed by atoms with Crippen LogP contribution >= 0.6 is 11.8 Å². The number of ether oxygens (including phenoxy) is 1. The summed E-state index contributed by atoms with van der Waals surface area (Å²) >= 11 is 1.68. The quantitative estimate of drug-likeness (QED) is 0.424. The van der Waals surface area contributed by atoms with Gasteiger partial charge in [0.25, 0.3) is 0 Å². The van der Waals surface area contributed by atoms with Gasteiger partial charge >= 0.3 is 0 Å². The van der Waals surface area contributed by atoms with E-state index in [9.17, 15) is 0 Å². The highest BCUT2D eigenvalue weighted by Crippen LogP contribution is 2.29. The molecule has 1 heterocycles. The summed E-state index contributed by atoms with van der Waals surface area (Å²) < 4.78 is 7.10. The molecule has 0 saturated heterocycles. The van der Waals surface area contributed by atoms with E-state index in [0.29, 0.717) is 5.25 Å². The minimum absolute atomic E-state index is 0.449. The van der Waals surface area contributed by atoms with Crippen molar-refractivity contribution in [2.75, 3.05) is 7.11 Å².